The van der Waals surface area contributed by atoms with E-state index in [-0.39, 0.29) is 0 Å². The molecule has 0 fully saturated rings. The SMILES string of the molecule is Cc1cc(Cl)ccc1-n1nnc(C=O)c1-c1cccs1. The molecule has 1 aromatic carbocycles. The van der Waals surface area contributed by atoms with Crippen LogP contribution in [-0.2, 0) is 0 Å². The van der Waals surface area contributed by atoms with E-state index in [4.69, 9.17) is 11.6 Å². The van der Waals surface area contributed by atoms with E-state index in [2.05, 4.69) is 10.3 Å². The summed E-state index contributed by atoms with van der Waals surface area (Å²) in [6.45, 7) is 1.95. The zero-order chi connectivity index (χ0) is 14.1. The molecule has 20 heavy (non-hydrogen) atoms. The lowest BCUT2D eigenvalue weighted by molar-refractivity contribution is 0.111. The molecule has 0 bridgehead atoms. The minimum absolute atomic E-state index is 0.335. The molecule has 6 heteroatoms. The normalized spacial score (nSPS) is 10.7. The molecule has 0 amide bonds. The molecule has 2 heterocycles. The van der Waals surface area contributed by atoms with Crippen molar-refractivity contribution in [3.05, 3.63) is 52.0 Å². The van der Waals surface area contributed by atoms with Crippen molar-refractivity contribution >= 4 is 29.2 Å². The van der Waals surface area contributed by atoms with Crippen LogP contribution in [0.3, 0.4) is 0 Å². The van der Waals surface area contributed by atoms with E-state index in [0.29, 0.717) is 16.4 Å². The summed E-state index contributed by atoms with van der Waals surface area (Å²) in [7, 11) is 0. The number of thiophene rings is 1. The number of aryl methyl sites for hydroxylation is 1. The van der Waals surface area contributed by atoms with E-state index >= 15 is 0 Å². The fraction of sp³-hybridized carbons (Fsp3) is 0.0714. The standard InChI is InChI=1S/C14H10ClN3OS/c1-9-7-10(15)4-5-12(9)18-14(11(8-19)16-17-18)13-3-2-6-20-13/h2-8H,1H3. The highest BCUT2D eigenvalue weighted by atomic mass is 35.5. The van der Waals surface area contributed by atoms with Crippen molar-refractivity contribution in [2.45, 2.75) is 6.92 Å². The lowest BCUT2D eigenvalue weighted by Crippen LogP contribution is -2.01. The highest BCUT2D eigenvalue weighted by molar-refractivity contribution is 7.13. The second-order valence-corrected chi connectivity index (χ2v) is 5.65. The molecule has 4 nitrogen and oxygen atoms in total. The topological polar surface area (TPSA) is 47.8 Å². The van der Waals surface area contributed by atoms with Crippen LogP contribution in [0, 0.1) is 6.92 Å². The van der Waals surface area contributed by atoms with Gasteiger partial charge in [-0.2, -0.15) is 0 Å². The van der Waals surface area contributed by atoms with Crippen LogP contribution in [0.4, 0.5) is 0 Å². The number of carbonyl (C=O) groups is 1. The third-order valence-electron chi connectivity index (χ3n) is 2.95. The van der Waals surface area contributed by atoms with Crippen LogP contribution in [0.15, 0.2) is 35.7 Å². The van der Waals surface area contributed by atoms with Crippen molar-refractivity contribution in [3.63, 3.8) is 0 Å². The molecular weight excluding hydrogens is 294 g/mol. The molecule has 100 valence electrons. The first-order valence-corrected chi connectivity index (χ1v) is 7.17. The minimum atomic E-state index is 0.335. The second-order valence-electron chi connectivity index (χ2n) is 4.26. The maximum absolute atomic E-state index is 11.2. The molecule has 0 aliphatic heterocycles. The fourth-order valence-corrected chi connectivity index (χ4v) is 3.03. The van der Waals surface area contributed by atoms with Gasteiger partial charge in [0.2, 0.25) is 0 Å². The van der Waals surface area contributed by atoms with Crippen LogP contribution in [0.25, 0.3) is 16.3 Å². The van der Waals surface area contributed by atoms with E-state index in [1.54, 1.807) is 22.1 Å². The molecule has 0 aliphatic carbocycles. The Balaban J connectivity index is 2.24. The maximum Gasteiger partial charge on any atom is 0.172 e. The molecule has 3 rings (SSSR count). The molecule has 0 unspecified atom stereocenters. The summed E-state index contributed by atoms with van der Waals surface area (Å²) in [5.74, 6) is 0. The molecule has 0 saturated heterocycles. The number of hydrogen-bond acceptors (Lipinski definition) is 4. The van der Waals surface area contributed by atoms with Gasteiger partial charge in [-0.05, 0) is 42.1 Å². The third-order valence-corrected chi connectivity index (χ3v) is 4.06. The van der Waals surface area contributed by atoms with E-state index < -0.39 is 0 Å². The lowest BCUT2D eigenvalue weighted by Gasteiger charge is -2.08. The van der Waals surface area contributed by atoms with Gasteiger partial charge in [0.1, 0.15) is 5.69 Å². The summed E-state index contributed by atoms with van der Waals surface area (Å²) in [6.07, 6.45) is 0.726. The molecule has 0 aliphatic rings. The quantitative estimate of drug-likeness (QED) is 0.692. The van der Waals surface area contributed by atoms with Gasteiger partial charge in [0.15, 0.2) is 12.0 Å². The predicted molar refractivity (Wildman–Crippen MR) is 79.8 cm³/mol. The first-order valence-electron chi connectivity index (χ1n) is 5.92. The van der Waals surface area contributed by atoms with E-state index in [0.717, 1.165) is 22.4 Å². The van der Waals surface area contributed by atoms with Crippen molar-refractivity contribution in [1.29, 1.82) is 0 Å². The van der Waals surface area contributed by atoms with Crippen molar-refractivity contribution < 1.29 is 4.79 Å². The van der Waals surface area contributed by atoms with Crippen molar-refractivity contribution in [1.82, 2.24) is 15.0 Å². The number of halogens is 1. The van der Waals surface area contributed by atoms with Gasteiger partial charge in [-0.3, -0.25) is 4.79 Å². The summed E-state index contributed by atoms with van der Waals surface area (Å²) in [4.78, 5) is 12.1. The molecule has 0 radical (unpaired) electrons. The Labute approximate surface area is 124 Å². The predicted octanol–water partition coefficient (Wildman–Crippen LogP) is 3.77. The molecule has 3 aromatic rings. The Morgan fingerprint density at radius 2 is 2.20 bits per heavy atom. The van der Waals surface area contributed by atoms with Crippen LogP contribution in [-0.4, -0.2) is 21.3 Å². The number of rotatable bonds is 3. The highest BCUT2D eigenvalue weighted by Gasteiger charge is 2.17. The van der Waals surface area contributed by atoms with Gasteiger partial charge in [0.05, 0.1) is 10.6 Å². The van der Waals surface area contributed by atoms with Gasteiger partial charge < -0.3 is 0 Å². The summed E-state index contributed by atoms with van der Waals surface area (Å²) in [6, 6.07) is 9.40. The van der Waals surface area contributed by atoms with Crippen LogP contribution < -0.4 is 0 Å². The van der Waals surface area contributed by atoms with Gasteiger partial charge in [-0.25, -0.2) is 4.68 Å². The van der Waals surface area contributed by atoms with Gasteiger partial charge >= 0.3 is 0 Å². The first-order chi connectivity index (χ1) is 9.70. The third kappa shape index (κ3) is 2.15. The van der Waals surface area contributed by atoms with Gasteiger partial charge in [0, 0.05) is 5.02 Å². The van der Waals surface area contributed by atoms with E-state index in [9.17, 15) is 4.79 Å². The second kappa shape index (κ2) is 5.19. The zero-order valence-corrected chi connectivity index (χ0v) is 12.1. The molecule has 0 N–H and O–H groups in total. The summed E-state index contributed by atoms with van der Waals surface area (Å²) < 4.78 is 1.68. The Morgan fingerprint density at radius 1 is 1.35 bits per heavy atom. The Bertz CT molecular complexity index is 765. The number of nitrogens with zero attached hydrogens (tertiary/aromatic N) is 3. The van der Waals surface area contributed by atoms with Crippen molar-refractivity contribution in [3.8, 4) is 16.3 Å². The molecular formula is C14H10ClN3OS. The van der Waals surface area contributed by atoms with Gasteiger partial charge in [-0.1, -0.05) is 22.9 Å². The lowest BCUT2D eigenvalue weighted by atomic mass is 10.2. The maximum atomic E-state index is 11.2. The number of aromatic nitrogens is 3. The van der Waals surface area contributed by atoms with Crippen molar-refractivity contribution in [2.24, 2.45) is 0 Å². The number of carbonyl (C=O) groups excluding carboxylic acids is 1. The summed E-state index contributed by atoms with van der Waals surface area (Å²) in [5.41, 5.74) is 2.87. The smallest absolute Gasteiger partial charge is 0.172 e. The van der Waals surface area contributed by atoms with Gasteiger partial charge in [0.25, 0.3) is 0 Å². The minimum Gasteiger partial charge on any atom is -0.296 e. The highest BCUT2D eigenvalue weighted by Crippen LogP contribution is 2.30. The Kier molecular flexibility index (Phi) is 3.38. The van der Waals surface area contributed by atoms with Crippen LogP contribution in [0.1, 0.15) is 16.1 Å². The first kappa shape index (κ1) is 13.0. The largest absolute Gasteiger partial charge is 0.296 e. The van der Waals surface area contributed by atoms with Crippen LogP contribution >= 0.6 is 22.9 Å². The summed E-state index contributed by atoms with van der Waals surface area (Å²) >= 11 is 7.52. The van der Waals surface area contributed by atoms with Crippen LogP contribution in [0.5, 0.6) is 0 Å². The zero-order valence-electron chi connectivity index (χ0n) is 10.6. The molecule has 0 atom stereocenters. The Morgan fingerprint density at radius 3 is 2.85 bits per heavy atom. The van der Waals surface area contributed by atoms with Crippen LogP contribution in [0.2, 0.25) is 5.02 Å². The van der Waals surface area contributed by atoms with E-state index in [1.165, 1.54) is 0 Å². The summed E-state index contributed by atoms with van der Waals surface area (Å²) in [5, 5.41) is 10.7. The monoisotopic (exact) mass is 303 g/mol. The van der Waals surface area contributed by atoms with E-state index in [1.807, 2.05) is 36.6 Å². The number of benzene rings is 1. The molecule has 0 spiro atoms. The van der Waals surface area contributed by atoms with Gasteiger partial charge in [-0.15, -0.1) is 16.4 Å². The fourth-order valence-electron chi connectivity index (χ4n) is 2.04. The Hall–Kier alpha value is -1.98. The van der Waals surface area contributed by atoms with Crippen molar-refractivity contribution in [2.75, 3.05) is 0 Å². The molecule has 0 saturated carbocycles. The average Bonchev–Trinajstić information content (AvgIpc) is 3.06. The molecule has 2 aromatic heterocycles. The number of hydrogen-bond donors (Lipinski definition) is 0. The number of aldehydes is 1. The average molecular weight is 304 g/mol.